The van der Waals surface area contributed by atoms with Crippen molar-refractivity contribution in [1.29, 1.82) is 0 Å². The van der Waals surface area contributed by atoms with Gasteiger partial charge < -0.3 is 20.7 Å². The Morgan fingerprint density at radius 1 is 1.26 bits per heavy atom. The van der Waals surface area contributed by atoms with Gasteiger partial charge in [0.2, 0.25) is 0 Å². The maximum atomic E-state index is 14.6. The summed E-state index contributed by atoms with van der Waals surface area (Å²) >= 11 is 0. The lowest BCUT2D eigenvalue weighted by Gasteiger charge is -2.21. The number of benzene rings is 2. The summed E-state index contributed by atoms with van der Waals surface area (Å²) < 4.78 is 22.0. The Bertz CT molecular complexity index is 1430. The summed E-state index contributed by atoms with van der Waals surface area (Å²) in [5.41, 5.74) is 10.4. The van der Waals surface area contributed by atoms with E-state index in [0.717, 1.165) is 35.5 Å². The average molecular weight is 476 g/mol. The molecule has 0 bridgehead atoms. The summed E-state index contributed by atoms with van der Waals surface area (Å²) in [6.45, 7) is 3.50. The van der Waals surface area contributed by atoms with E-state index >= 15 is 0 Å². The minimum atomic E-state index is -0.470. The lowest BCUT2D eigenvalue weighted by Crippen LogP contribution is -2.30. The number of amides is 1. The predicted octanol–water partition coefficient (Wildman–Crippen LogP) is 3.30. The number of ether oxygens (including phenoxy) is 1. The number of imidazole rings is 1. The molecular formula is C26H28FN6O2+. The number of fused-ring (bicyclic) bond motifs is 1. The summed E-state index contributed by atoms with van der Waals surface area (Å²) in [6.07, 6.45) is 0.879. The van der Waals surface area contributed by atoms with Gasteiger partial charge in [-0.3, -0.25) is 4.79 Å². The molecule has 1 amide bonds. The highest BCUT2D eigenvalue weighted by atomic mass is 19.1. The van der Waals surface area contributed by atoms with Crippen molar-refractivity contribution in [3.05, 3.63) is 65.9 Å². The molecule has 1 aliphatic heterocycles. The van der Waals surface area contributed by atoms with Gasteiger partial charge in [-0.25, -0.2) is 18.9 Å². The molecular weight excluding hydrogens is 447 g/mol. The molecule has 1 aliphatic rings. The minimum absolute atomic E-state index is 0.0766. The topological polar surface area (TPSA) is 100 Å². The van der Waals surface area contributed by atoms with Crippen molar-refractivity contribution in [2.24, 2.45) is 12.8 Å². The van der Waals surface area contributed by atoms with Crippen LogP contribution in [0.5, 0.6) is 5.75 Å². The van der Waals surface area contributed by atoms with E-state index in [2.05, 4.69) is 24.8 Å². The van der Waals surface area contributed by atoms with E-state index in [0.29, 0.717) is 23.7 Å². The zero-order valence-electron chi connectivity index (χ0n) is 19.9. The maximum absolute atomic E-state index is 14.6. The molecule has 4 aromatic rings. The number of carbonyl (C=O) groups excluding carboxylic acids is 1. The van der Waals surface area contributed by atoms with Gasteiger partial charge in [0.1, 0.15) is 22.9 Å². The number of aromatic amines is 1. The number of halogens is 1. The fraction of sp³-hybridized carbons (Fsp3) is 0.269. The van der Waals surface area contributed by atoms with Gasteiger partial charge >= 0.3 is 0 Å². The second kappa shape index (κ2) is 8.99. The van der Waals surface area contributed by atoms with Crippen molar-refractivity contribution in [2.45, 2.75) is 19.4 Å². The van der Waals surface area contributed by atoms with Crippen LogP contribution >= 0.6 is 0 Å². The number of aromatic nitrogens is 3. The average Bonchev–Trinajstić information content (AvgIpc) is 3.41. The highest BCUT2D eigenvalue weighted by molar-refractivity contribution is 6.08. The maximum Gasteiger partial charge on any atom is 0.274 e. The molecule has 35 heavy (non-hydrogen) atoms. The van der Waals surface area contributed by atoms with Gasteiger partial charge in [-0.05, 0) is 42.8 Å². The molecule has 3 heterocycles. The van der Waals surface area contributed by atoms with Gasteiger partial charge in [-0.2, -0.15) is 0 Å². The molecule has 5 rings (SSSR count). The zero-order chi connectivity index (χ0) is 24.7. The Labute approximate surface area is 202 Å². The lowest BCUT2D eigenvalue weighted by molar-refractivity contribution is -0.651. The molecule has 9 heteroatoms. The largest absolute Gasteiger partial charge is 0.496 e. The van der Waals surface area contributed by atoms with Crippen molar-refractivity contribution < 1.29 is 18.5 Å². The van der Waals surface area contributed by atoms with E-state index < -0.39 is 5.82 Å². The number of anilines is 2. The number of pyridine rings is 1. The van der Waals surface area contributed by atoms with Crippen LogP contribution in [0.1, 0.15) is 22.7 Å². The number of nitrogens with two attached hydrogens (primary N) is 1. The Kier molecular flexibility index (Phi) is 5.86. The number of aryl methyl sites for hydroxylation is 2. The molecule has 4 N–H and O–H groups in total. The first kappa shape index (κ1) is 22.8. The molecule has 0 aliphatic carbocycles. The van der Waals surface area contributed by atoms with Crippen LogP contribution in [-0.2, 0) is 7.05 Å². The van der Waals surface area contributed by atoms with Crippen LogP contribution < -0.4 is 25.3 Å². The van der Waals surface area contributed by atoms with Crippen molar-refractivity contribution in [3.8, 4) is 17.0 Å². The summed E-state index contributed by atoms with van der Waals surface area (Å²) in [5.74, 6) is 0.492. The monoisotopic (exact) mass is 475 g/mol. The van der Waals surface area contributed by atoms with E-state index in [1.54, 1.807) is 30.3 Å². The van der Waals surface area contributed by atoms with Crippen LogP contribution in [-0.4, -0.2) is 42.1 Å². The molecule has 1 atom stereocenters. The first-order valence-corrected chi connectivity index (χ1v) is 11.5. The van der Waals surface area contributed by atoms with Crippen LogP contribution in [0.3, 0.4) is 0 Å². The van der Waals surface area contributed by atoms with E-state index in [4.69, 9.17) is 10.5 Å². The van der Waals surface area contributed by atoms with Crippen molar-refractivity contribution in [1.82, 2.24) is 9.97 Å². The fourth-order valence-electron chi connectivity index (χ4n) is 4.66. The molecule has 0 spiro atoms. The Morgan fingerprint density at radius 3 is 2.80 bits per heavy atom. The van der Waals surface area contributed by atoms with Crippen LogP contribution in [0.2, 0.25) is 0 Å². The number of hydrogen-bond acceptors (Lipinski definition) is 5. The quantitative estimate of drug-likeness (QED) is 0.385. The van der Waals surface area contributed by atoms with Gasteiger partial charge in [0.05, 0.1) is 31.1 Å². The van der Waals surface area contributed by atoms with Crippen LogP contribution in [0.25, 0.3) is 22.3 Å². The Morgan fingerprint density at radius 2 is 2.06 bits per heavy atom. The molecule has 180 valence electrons. The van der Waals surface area contributed by atoms with Crippen LogP contribution in [0.15, 0.2) is 48.5 Å². The lowest BCUT2D eigenvalue weighted by atomic mass is 10.1. The van der Waals surface area contributed by atoms with Crippen LogP contribution in [0.4, 0.5) is 15.8 Å². The van der Waals surface area contributed by atoms with E-state index in [1.165, 1.54) is 13.2 Å². The van der Waals surface area contributed by atoms with E-state index in [9.17, 15) is 9.18 Å². The molecule has 0 saturated carbocycles. The second-order valence-corrected chi connectivity index (χ2v) is 8.80. The normalized spacial score (nSPS) is 15.6. The molecule has 0 radical (unpaired) electrons. The smallest absolute Gasteiger partial charge is 0.274 e. The standard InChI is InChI=1S/C26H27FN6O2/c1-15-29-24-21(32(15)2)11-10-19(25(24)33-13-12-16(28)14-33)31-26(34)20-8-5-7-18(30-20)23-17(27)6-4-9-22(23)35-3/h4-11,16H,12-14,28H2,1-3H3,(H,31,34)/p+1/t16-/m0/s1. The molecule has 1 fully saturated rings. The highest BCUT2D eigenvalue weighted by Crippen LogP contribution is 2.36. The van der Waals surface area contributed by atoms with Crippen molar-refractivity contribution in [2.75, 3.05) is 30.4 Å². The number of nitrogens with one attached hydrogen (secondary N) is 2. The third-order valence-electron chi connectivity index (χ3n) is 6.55. The molecule has 8 nitrogen and oxygen atoms in total. The molecule has 0 unspecified atom stereocenters. The zero-order valence-corrected chi connectivity index (χ0v) is 19.9. The highest BCUT2D eigenvalue weighted by Gasteiger charge is 2.28. The summed E-state index contributed by atoms with van der Waals surface area (Å²) in [7, 11) is 3.47. The van der Waals surface area contributed by atoms with Gasteiger partial charge in [-0.1, -0.05) is 12.1 Å². The third-order valence-corrected chi connectivity index (χ3v) is 6.55. The summed E-state index contributed by atoms with van der Waals surface area (Å²) in [5, 5.41) is 3.02. The Balaban J connectivity index is 1.53. The molecule has 2 aromatic carbocycles. The summed E-state index contributed by atoms with van der Waals surface area (Å²) in [4.78, 5) is 23.4. The van der Waals surface area contributed by atoms with Gasteiger partial charge in [-0.15, -0.1) is 0 Å². The van der Waals surface area contributed by atoms with Gasteiger partial charge in [0.25, 0.3) is 11.7 Å². The number of nitrogens with zero attached hydrogens (tertiary/aromatic N) is 3. The number of methoxy groups -OCH3 is 1. The van der Waals surface area contributed by atoms with Crippen molar-refractivity contribution >= 4 is 28.3 Å². The SMILES string of the molecule is COc1cccc(F)c1-c1cccc(C(=O)Nc2ccc3c([nH]c(C)[n+]3C)c2N2CC[C@H](N)C2)n1. The van der Waals surface area contributed by atoms with Gasteiger partial charge in [0, 0.05) is 26.1 Å². The first-order valence-electron chi connectivity index (χ1n) is 11.5. The third kappa shape index (κ3) is 4.08. The number of hydrogen-bond donors (Lipinski definition) is 3. The van der Waals surface area contributed by atoms with E-state index in [1.807, 2.05) is 26.1 Å². The van der Waals surface area contributed by atoms with E-state index in [-0.39, 0.29) is 23.2 Å². The van der Waals surface area contributed by atoms with Crippen molar-refractivity contribution in [3.63, 3.8) is 0 Å². The Hall–Kier alpha value is -3.98. The first-order chi connectivity index (χ1) is 16.9. The molecule has 2 aromatic heterocycles. The predicted molar refractivity (Wildman–Crippen MR) is 133 cm³/mol. The van der Waals surface area contributed by atoms with Crippen LogP contribution in [0, 0.1) is 12.7 Å². The second-order valence-electron chi connectivity index (χ2n) is 8.80. The number of rotatable bonds is 5. The van der Waals surface area contributed by atoms with Gasteiger partial charge in [0.15, 0.2) is 11.0 Å². The number of carbonyl (C=O) groups is 1. The molecule has 1 saturated heterocycles. The summed E-state index contributed by atoms with van der Waals surface area (Å²) in [6, 6.07) is 13.5. The fourth-order valence-corrected chi connectivity index (χ4v) is 4.66. The number of H-pyrrole nitrogens is 1. The minimum Gasteiger partial charge on any atom is -0.496 e.